The number of nitrogens with zero attached hydrogens (tertiary/aromatic N) is 3. The minimum absolute atomic E-state index is 0.202. The maximum Gasteiger partial charge on any atom is 0.338 e. The molecule has 4 rings (SSSR count). The summed E-state index contributed by atoms with van der Waals surface area (Å²) in [6.45, 7) is 3.43. The first-order valence-corrected chi connectivity index (χ1v) is 14.8. The van der Waals surface area contributed by atoms with Crippen molar-refractivity contribution < 1.29 is 27.5 Å². The fourth-order valence-electron chi connectivity index (χ4n) is 3.99. The summed E-state index contributed by atoms with van der Waals surface area (Å²) in [6.07, 6.45) is 0.771. The normalized spacial score (nSPS) is 16.0. The Hall–Kier alpha value is -2.09. The Bertz CT molecular complexity index is 1430. The van der Waals surface area contributed by atoms with Gasteiger partial charge in [0, 0.05) is 32.7 Å². The van der Waals surface area contributed by atoms with Gasteiger partial charge in [0.25, 0.3) is 15.9 Å². The van der Waals surface area contributed by atoms with Crippen molar-refractivity contribution >= 4 is 66.4 Å². The molecule has 0 saturated carbocycles. The summed E-state index contributed by atoms with van der Waals surface area (Å²) in [7, 11) is -2.03. The van der Waals surface area contributed by atoms with Crippen LogP contribution in [0.25, 0.3) is 10.2 Å². The van der Waals surface area contributed by atoms with Crippen molar-refractivity contribution in [2.45, 2.75) is 30.5 Å². The molecule has 0 N–H and O–H groups in total. The summed E-state index contributed by atoms with van der Waals surface area (Å²) in [4.78, 5) is 30.2. The average Bonchev–Trinajstić information content (AvgIpc) is 3.46. The Balaban J connectivity index is 1.55. The SMILES string of the molecule is CCOC(=O)c1ccc2c(c1)sc(=NC(=O)C1CCN(S(=O)(=O)c3ccc(Cl)s3)CC1)n2CCOC. The molecular formula is C23H26ClN3O6S3. The number of fused-ring (bicyclic) bond motifs is 1. The summed E-state index contributed by atoms with van der Waals surface area (Å²) in [5, 5.41) is 0. The molecular weight excluding hydrogens is 546 g/mol. The molecule has 0 aliphatic carbocycles. The smallest absolute Gasteiger partial charge is 0.338 e. The van der Waals surface area contributed by atoms with Gasteiger partial charge in [0.15, 0.2) is 4.80 Å². The van der Waals surface area contributed by atoms with Gasteiger partial charge in [-0.3, -0.25) is 4.79 Å². The molecule has 3 heterocycles. The van der Waals surface area contributed by atoms with E-state index < -0.39 is 16.0 Å². The molecule has 9 nitrogen and oxygen atoms in total. The Labute approximate surface area is 222 Å². The summed E-state index contributed by atoms with van der Waals surface area (Å²) in [6, 6.07) is 8.32. The van der Waals surface area contributed by atoms with Crippen LogP contribution in [0, 0.1) is 5.92 Å². The monoisotopic (exact) mass is 571 g/mol. The zero-order valence-corrected chi connectivity index (χ0v) is 23.0. The van der Waals surface area contributed by atoms with E-state index >= 15 is 0 Å². The van der Waals surface area contributed by atoms with Crippen LogP contribution in [-0.4, -0.2) is 62.6 Å². The number of halogens is 1. The molecule has 1 amide bonds. The molecule has 1 aliphatic rings. The second-order valence-corrected chi connectivity index (χ2v) is 13.0. The molecule has 2 aromatic heterocycles. The van der Waals surface area contributed by atoms with Crippen LogP contribution >= 0.6 is 34.3 Å². The van der Waals surface area contributed by atoms with Crippen LogP contribution in [0.3, 0.4) is 0 Å². The van der Waals surface area contributed by atoms with Crippen LogP contribution in [0.4, 0.5) is 0 Å². The van der Waals surface area contributed by atoms with Crippen molar-refractivity contribution in [3.63, 3.8) is 0 Å². The first-order chi connectivity index (χ1) is 17.2. The Morgan fingerprint density at radius 3 is 2.56 bits per heavy atom. The van der Waals surface area contributed by atoms with Gasteiger partial charge in [-0.2, -0.15) is 9.30 Å². The maximum absolute atomic E-state index is 13.1. The standard InChI is InChI=1S/C23H26ClN3O6S3/c1-3-33-22(29)16-4-5-17-18(14-16)34-23(27(17)12-13-32-2)25-21(28)15-8-10-26(11-9-15)36(30,31)20-7-6-19(24)35-20/h4-7,14-15H,3,8-13H2,1-2H3. The van der Waals surface area contributed by atoms with Crippen molar-refractivity contribution in [2.24, 2.45) is 10.9 Å². The van der Waals surface area contributed by atoms with Gasteiger partial charge in [0.05, 0.1) is 33.3 Å². The van der Waals surface area contributed by atoms with E-state index in [-0.39, 0.29) is 35.7 Å². The quantitative estimate of drug-likeness (QED) is 0.381. The number of sulfonamides is 1. The second-order valence-electron chi connectivity index (χ2n) is 8.12. The lowest BCUT2D eigenvalue weighted by Gasteiger charge is -2.29. The summed E-state index contributed by atoms with van der Waals surface area (Å²) in [5.41, 5.74) is 1.27. The minimum Gasteiger partial charge on any atom is -0.462 e. The third kappa shape index (κ3) is 5.74. The van der Waals surface area contributed by atoms with E-state index in [1.165, 1.54) is 21.7 Å². The predicted molar refractivity (Wildman–Crippen MR) is 139 cm³/mol. The number of carbonyl (C=O) groups excluding carboxylic acids is 2. The van der Waals surface area contributed by atoms with E-state index in [4.69, 9.17) is 21.1 Å². The van der Waals surface area contributed by atoms with Crippen LogP contribution in [0.5, 0.6) is 0 Å². The third-order valence-corrected chi connectivity index (χ3v) is 10.5. The van der Waals surface area contributed by atoms with Crippen molar-refractivity contribution in [2.75, 3.05) is 33.4 Å². The lowest BCUT2D eigenvalue weighted by molar-refractivity contribution is -0.122. The first kappa shape index (κ1) is 27.0. The molecule has 0 radical (unpaired) electrons. The van der Waals surface area contributed by atoms with Gasteiger partial charge in [-0.25, -0.2) is 13.2 Å². The van der Waals surface area contributed by atoms with Crippen LogP contribution in [-0.2, 0) is 30.8 Å². The van der Waals surface area contributed by atoms with Crippen molar-refractivity contribution in [3.05, 3.63) is 45.0 Å². The van der Waals surface area contributed by atoms with Gasteiger partial charge in [-0.05, 0) is 50.1 Å². The predicted octanol–water partition coefficient (Wildman–Crippen LogP) is 3.77. The summed E-state index contributed by atoms with van der Waals surface area (Å²) in [5.74, 6) is -1.06. The molecule has 194 valence electrons. The van der Waals surface area contributed by atoms with E-state index in [9.17, 15) is 18.0 Å². The van der Waals surface area contributed by atoms with E-state index in [1.807, 2.05) is 10.6 Å². The number of thiazole rings is 1. The summed E-state index contributed by atoms with van der Waals surface area (Å²) < 4.78 is 40.7. The number of benzene rings is 1. The van der Waals surface area contributed by atoms with Crippen LogP contribution in [0.1, 0.15) is 30.1 Å². The van der Waals surface area contributed by atoms with Crippen molar-refractivity contribution in [1.82, 2.24) is 8.87 Å². The number of methoxy groups -OCH3 is 1. The molecule has 1 aromatic carbocycles. The fourth-order valence-corrected chi connectivity index (χ4v) is 8.20. The molecule has 36 heavy (non-hydrogen) atoms. The number of aromatic nitrogens is 1. The topological polar surface area (TPSA) is 107 Å². The number of hydrogen-bond acceptors (Lipinski definition) is 8. The number of amides is 1. The van der Waals surface area contributed by atoms with Crippen LogP contribution in [0.15, 0.2) is 39.5 Å². The fraction of sp³-hybridized carbons (Fsp3) is 0.435. The Morgan fingerprint density at radius 1 is 1.17 bits per heavy atom. The van der Waals surface area contributed by atoms with Crippen molar-refractivity contribution in [1.29, 1.82) is 0 Å². The largest absolute Gasteiger partial charge is 0.462 e. The number of ether oxygens (including phenoxy) is 2. The van der Waals surface area contributed by atoms with Crippen LogP contribution in [0.2, 0.25) is 4.34 Å². The molecule has 0 unspecified atom stereocenters. The molecule has 0 bridgehead atoms. The maximum atomic E-state index is 13.1. The number of carbonyl (C=O) groups is 2. The zero-order valence-electron chi connectivity index (χ0n) is 19.8. The highest BCUT2D eigenvalue weighted by Gasteiger charge is 2.33. The van der Waals surface area contributed by atoms with Crippen molar-refractivity contribution in [3.8, 4) is 0 Å². The van der Waals surface area contributed by atoms with E-state index in [1.54, 1.807) is 32.2 Å². The summed E-state index contributed by atoms with van der Waals surface area (Å²) >= 11 is 8.24. The van der Waals surface area contributed by atoms with E-state index in [0.717, 1.165) is 21.6 Å². The zero-order chi connectivity index (χ0) is 25.9. The third-order valence-electron chi connectivity index (χ3n) is 5.86. The average molecular weight is 572 g/mol. The second kappa shape index (κ2) is 11.5. The number of esters is 1. The van der Waals surface area contributed by atoms with Gasteiger partial charge in [-0.1, -0.05) is 22.9 Å². The molecule has 0 spiro atoms. The molecule has 3 aromatic rings. The highest BCUT2D eigenvalue weighted by molar-refractivity contribution is 7.91. The number of thiophene rings is 1. The molecule has 1 saturated heterocycles. The van der Waals surface area contributed by atoms with Gasteiger partial charge < -0.3 is 14.0 Å². The lowest BCUT2D eigenvalue weighted by atomic mass is 9.98. The van der Waals surface area contributed by atoms with Gasteiger partial charge in [0.1, 0.15) is 4.21 Å². The highest BCUT2D eigenvalue weighted by Crippen LogP contribution is 2.31. The number of piperidine rings is 1. The lowest BCUT2D eigenvalue weighted by Crippen LogP contribution is -2.40. The Morgan fingerprint density at radius 2 is 1.92 bits per heavy atom. The minimum atomic E-state index is -3.63. The molecule has 13 heteroatoms. The van der Waals surface area contributed by atoms with Gasteiger partial charge >= 0.3 is 5.97 Å². The van der Waals surface area contributed by atoms with Gasteiger partial charge in [0.2, 0.25) is 0 Å². The number of rotatable bonds is 8. The highest BCUT2D eigenvalue weighted by atomic mass is 35.5. The van der Waals surface area contributed by atoms with E-state index in [2.05, 4.69) is 4.99 Å². The van der Waals surface area contributed by atoms with Crippen LogP contribution < -0.4 is 4.80 Å². The molecule has 0 atom stereocenters. The molecule has 1 aliphatic heterocycles. The van der Waals surface area contributed by atoms with E-state index in [0.29, 0.717) is 40.7 Å². The Kier molecular flexibility index (Phi) is 8.63. The van der Waals surface area contributed by atoms with Gasteiger partial charge in [-0.15, -0.1) is 11.3 Å². The first-order valence-electron chi connectivity index (χ1n) is 11.4. The number of hydrogen-bond donors (Lipinski definition) is 0. The molecule has 1 fully saturated rings.